The van der Waals surface area contributed by atoms with Crippen LogP contribution in [-0.4, -0.2) is 36.7 Å². The number of carbonyl (C=O) groups excluding carboxylic acids is 2. The molecule has 134 valence electrons. The van der Waals surface area contributed by atoms with Crippen LogP contribution < -0.4 is 10.2 Å². The number of halogens is 1. The van der Waals surface area contributed by atoms with Gasteiger partial charge in [-0.1, -0.05) is 12.1 Å². The lowest BCUT2D eigenvalue weighted by molar-refractivity contribution is 0.181. The average molecular weight is 355 g/mol. The predicted molar refractivity (Wildman–Crippen MR) is 94.7 cm³/mol. The van der Waals surface area contributed by atoms with Crippen molar-refractivity contribution in [3.8, 4) is 0 Å². The molecule has 2 aromatic rings. The largest absolute Gasteiger partial charge is 0.447 e. The van der Waals surface area contributed by atoms with Gasteiger partial charge in [0.25, 0.3) is 0 Å². The fraction of sp³-hybridized carbons (Fsp3) is 0.263. The molecule has 1 saturated heterocycles. The van der Waals surface area contributed by atoms with E-state index in [1.165, 1.54) is 17.0 Å². The molecule has 0 aromatic heterocycles. The third kappa shape index (κ3) is 3.20. The van der Waals surface area contributed by atoms with Crippen LogP contribution in [0.2, 0.25) is 0 Å². The highest BCUT2D eigenvalue weighted by molar-refractivity contribution is 5.93. The van der Waals surface area contributed by atoms with Gasteiger partial charge in [-0.05, 0) is 47.9 Å². The maximum atomic E-state index is 13.3. The number of amides is 3. The molecule has 1 fully saturated rings. The Kier molecular flexibility index (Phi) is 4.20. The second-order valence-corrected chi connectivity index (χ2v) is 6.33. The van der Waals surface area contributed by atoms with Gasteiger partial charge in [0.05, 0.1) is 6.54 Å². The molecule has 7 heteroatoms. The molecule has 2 aromatic carbocycles. The summed E-state index contributed by atoms with van der Waals surface area (Å²) in [6.07, 6.45) is 0.244. The Morgan fingerprint density at radius 2 is 2.00 bits per heavy atom. The van der Waals surface area contributed by atoms with E-state index >= 15 is 0 Å². The molecular formula is C19H18FN3O3. The SMILES string of the molecule is O=C(Nc1cccc(N2CCOC2=O)c1)N1CCc2cc(F)ccc2C1. The molecule has 1 N–H and O–H groups in total. The molecule has 4 rings (SSSR count). The molecular weight excluding hydrogens is 337 g/mol. The quantitative estimate of drug-likeness (QED) is 0.898. The van der Waals surface area contributed by atoms with E-state index in [-0.39, 0.29) is 17.9 Å². The fourth-order valence-corrected chi connectivity index (χ4v) is 3.28. The van der Waals surface area contributed by atoms with Crippen molar-refractivity contribution in [3.63, 3.8) is 0 Å². The number of nitrogens with zero attached hydrogens (tertiary/aromatic N) is 2. The Morgan fingerprint density at radius 1 is 1.12 bits per heavy atom. The summed E-state index contributed by atoms with van der Waals surface area (Å²) in [4.78, 5) is 27.5. The minimum absolute atomic E-state index is 0.221. The van der Waals surface area contributed by atoms with Crippen LogP contribution in [0.3, 0.4) is 0 Å². The Morgan fingerprint density at radius 3 is 2.81 bits per heavy atom. The van der Waals surface area contributed by atoms with Crippen molar-refractivity contribution >= 4 is 23.5 Å². The monoisotopic (exact) mass is 355 g/mol. The normalized spacial score (nSPS) is 16.3. The summed E-state index contributed by atoms with van der Waals surface area (Å²) in [6, 6.07) is 11.6. The van der Waals surface area contributed by atoms with Crippen LogP contribution in [0.15, 0.2) is 42.5 Å². The number of carbonyl (C=O) groups is 2. The van der Waals surface area contributed by atoms with Crippen LogP contribution in [0.25, 0.3) is 0 Å². The van der Waals surface area contributed by atoms with E-state index in [9.17, 15) is 14.0 Å². The van der Waals surface area contributed by atoms with E-state index in [0.29, 0.717) is 44.0 Å². The first-order chi connectivity index (χ1) is 12.6. The summed E-state index contributed by atoms with van der Waals surface area (Å²) in [5.41, 5.74) is 3.20. The first kappa shape index (κ1) is 16.4. The first-order valence-corrected chi connectivity index (χ1v) is 8.48. The molecule has 0 saturated carbocycles. The molecule has 0 atom stereocenters. The zero-order chi connectivity index (χ0) is 18.1. The van der Waals surface area contributed by atoms with Crippen molar-refractivity contribution in [2.75, 3.05) is 29.9 Å². The van der Waals surface area contributed by atoms with Gasteiger partial charge in [-0.3, -0.25) is 4.90 Å². The van der Waals surface area contributed by atoms with E-state index in [1.54, 1.807) is 35.2 Å². The molecule has 0 radical (unpaired) electrons. The van der Waals surface area contributed by atoms with E-state index in [2.05, 4.69) is 5.32 Å². The predicted octanol–water partition coefficient (Wildman–Crippen LogP) is 3.37. The molecule has 2 aliphatic rings. The molecule has 0 aliphatic carbocycles. The zero-order valence-corrected chi connectivity index (χ0v) is 14.1. The van der Waals surface area contributed by atoms with Gasteiger partial charge in [0.15, 0.2) is 0 Å². The maximum absolute atomic E-state index is 13.3. The van der Waals surface area contributed by atoms with Crippen molar-refractivity contribution in [1.29, 1.82) is 0 Å². The van der Waals surface area contributed by atoms with E-state index in [4.69, 9.17) is 4.74 Å². The molecule has 6 nitrogen and oxygen atoms in total. The topological polar surface area (TPSA) is 61.9 Å². The lowest BCUT2D eigenvalue weighted by atomic mass is 10.00. The van der Waals surface area contributed by atoms with Gasteiger partial charge < -0.3 is 15.0 Å². The summed E-state index contributed by atoms with van der Waals surface area (Å²) in [7, 11) is 0. The third-order valence-corrected chi connectivity index (χ3v) is 4.64. The number of urea groups is 1. The van der Waals surface area contributed by atoms with Crippen LogP contribution in [0.1, 0.15) is 11.1 Å². The van der Waals surface area contributed by atoms with Crippen LogP contribution >= 0.6 is 0 Å². The number of cyclic esters (lactones) is 1. The van der Waals surface area contributed by atoms with Gasteiger partial charge in [0, 0.05) is 24.5 Å². The summed E-state index contributed by atoms with van der Waals surface area (Å²) in [6.45, 7) is 1.83. The van der Waals surface area contributed by atoms with Gasteiger partial charge in [0.2, 0.25) is 0 Å². The summed E-state index contributed by atoms with van der Waals surface area (Å²) in [5.74, 6) is -0.251. The highest BCUT2D eigenvalue weighted by Crippen LogP contribution is 2.24. The Balaban J connectivity index is 1.45. The molecule has 3 amide bonds. The highest BCUT2D eigenvalue weighted by atomic mass is 19.1. The van der Waals surface area contributed by atoms with Gasteiger partial charge in [0.1, 0.15) is 12.4 Å². The molecule has 0 unspecified atom stereocenters. The van der Waals surface area contributed by atoms with Crippen molar-refractivity contribution in [3.05, 3.63) is 59.4 Å². The average Bonchev–Trinajstić information content (AvgIpc) is 3.07. The summed E-state index contributed by atoms with van der Waals surface area (Å²) in [5, 5.41) is 2.87. The number of hydrogen-bond acceptors (Lipinski definition) is 3. The Bertz CT molecular complexity index is 871. The van der Waals surface area contributed by atoms with Crippen LogP contribution in [0.4, 0.5) is 25.4 Å². The van der Waals surface area contributed by atoms with Crippen LogP contribution in [-0.2, 0) is 17.7 Å². The van der Waals surface area contributed by atoms with Gasteiger partial charge in [-0.25, -0.2) is 14.0 Å². The van der Waals surface area contributed by atoms with Crippen LogP contribution in [0.5, 0.6) is 0 Å². The lowest BCUT2D eigenvalue weighted by Crippen LogP contribution is -2.38. The highest BCUT2D eigenvalue weighted by Gasteiger charge is 2.24. The van der Waals surface area contributed by atoms with E-state index < -0.39 is 0 Å². The first-order valence-electron chi connectivity index (χ1n) is 8.48. The number of nitrogens with one attached hydrogen (secondary N) is 1. The smallest absolute Gasteiger partial charge is 0.414 e. The van der Waals surface area contributed by atoms with Crippen molar-refractivity contribution < 1.29 is 18.7 Å². The Hall–Kier alpha value is -3.09. The standard InChI is InChI=1S/C19H18FN3O3/c20-15-5-4-14-12-22(7-6-13(14)10-15)18(24)21-16-2-1-3-17(11-16)23-8-9-26-19(23)25/h1-5,10-11H,6-9,12H2,(H,21,24). The third-order valence-electron chi connectivity index (χ3n) is 4.64. The minimum Gasteiger partial charge on any atom is -0.447 e. The summed E-state index contributed by atoms with van der Waals surface area (Å²) < 4.78 is 18.2. The van der Waals surface area contributed by atoms with Gasteiger partial charge >= 0.3 is 12.1 Å². The number of hydrogen-bond donors (Lipinski definition) is 1. The maximum Gasteiger partial charge on any atom is 0.414 e. The van der Waals surface area contributed by atoms with Crippen LogP contribution in [0, 0.1) is 5.82 Å². The van der Waals surface area contributed by atoms with Crippen molar-refractivity contribution in [2.24, 2.45) is 0 Å². The number of benzene rings is 2. The van der Waals surface area contributed by atoms with Gasteiger partial charge in [-0.2, -0.15) is 0 Å². The summed E-state index contributed by atoms with van der Waals surface area (Å²) >= 11 is 0. The van der Waals surface area contributed by atoms with Gasteiger partial charge in [-0.15, -0.1) is 0 Å². The number of ether oxygens (including phenoxy) is 1. The van der Waals surface area contributed by atoms with Crippen molar-refractivity contribution in [1.82, 2.24) is 4.90 Å². The second-order valence-electron chi connectivity index (χ2n) is 6.33. The molecule has 26 heavy (non-hydrogen) atoms. The zero-order valence-electron chi connectivity index (χ0n) is 14.1. The molecule has 2 heterocycles. The lowest BCUT2D eigenvalue weighted by Gasteiger charge is -2.29. The second kappa shape index (κ2) is 6.67. The van der Waals surface area contributed by atoms with E-state index in [1.807, 2.05) is 0 Å². The number of anilines is 2. The molecule has 0 spiro atoms. The Labute approximate surface area is 150 Å². The number of fused-ring (bicyclic) bond motifs is 1. The molecule has 2 aliphatic heterocycles. The number of rotatable bonds is 2. The van der Waals surface area contributed by atoms with E-state index in [0.717, 1.165) is 11.1 Å². The minimum atomic E-state index is -0.381. The van der Waals surface area contributed by atoms with Crippen molar-refractivity contribution in [2.45, 2.75) is 13.0 Å². The fourth-order valence-electron chi connectivity index (χ4n) is 3.28. The molecule has 0 bridgehead atoms.